The molecule has 2 rings (SSSR count). The summed E-state index contributed by atoms with van der Waals surface area (Å²) < 4.78 is 2.69. The van der Waals surface area contributed by atoms with Crippen LogP contribution < -0.4 is 5.32 Å². The lowest BCUT2D eigenvalue weighted by Crippen LogP contribution is -2.43. The van der Waals surface area contributed by atoms with Crippen molar-refractivity contribution in [1.82, 2.24) is 14.8 Å². The Kier molecular flexibility index (Phi) is 5.37. The predicted molar refractivity (Wildman–Crippen MR) is 85.7 cm³/mol. The van der Waals surface area contributed by atoms with E-state index in [9.17, 15) is 0 Å². The summed E-state index contributed by atoms with van der Waals surface area (Å²) in [4.78, 5) is 0. The molecule has 1 aliphatic heterocycles. The summed E-state index contributed by atoms with van der Waals surface area (Å²) >= 11 is 0. The number of aromatic amines is 1. The molecule has 1 aromatic rings. The van der Waals surface area contributed by atoms with E-state index in [0.717, 1.165) is 0 Å². The first-order valence-corrected chi connectivity index (χ1v) is 13.9. The highest BCUT2D eigenvalue weighted by Gasteiger charge is 2.25. The molecule has 104 valence electrons. The standard InChI is InChI=1S/C7H17NSi.C6H12N2Si/c1-9(2,3)8-6-4-5-7-8;1-9(2,3)6-4-5-7-8-6/h4-7H2,1-3H3;4-5H,1-3H3,(H,7,8). The SMILES string of the molecule is C[Si](C)(C)N1CCCC1.C[Si](C)(C)c1ccn[nH]1. The van der Waals surface area contributed by atoms with E-state index in [-0.39, 0.29) is 0 Å². The van der Waals surface area contributed by atoms with Crippen molar-refractivity contribution in [3.63, 3.8) is 0 Å². The molecule has 0 radical (unpaired) electrons. The lowest BCUT2D eigenvalue weighted by molar-refractivity contribution is 0.524. The van der Waals surface area contributed by atoms with Gasteiger partial charge in [-0.15, -0.1) is 0 Å². The molecule has 0 spiro atoms. The molecule has 0 unspecified atom stereocenters. The van der Waals surface area contributed by atoms with Crippen molar-refractivity contribution in [2.45, 2.75) is 52.1 Å². The fourth-order valence-electron chi connectivity index (χ4n) is 2.06. The Morgan fingerprint density at radius 1 is 1.06 bits per heavy atom. The lowest BCUT2D eigenvalue weighted by Gasteiger charge is -2.28. The number of rotatable bonds is 2. The highest BCUT2D eigenvalue weighted by Crippen LogP contribution is 2.16. The minimum atomic E-state index is -1.10. The van der Waals surface area contributed by atoms with Gasteiger partial charge in [-0.25, -0.2) is 0 Å². The van der Waals surface area contributed by atoms with Crippen LogP contribution in [0.15, 0.2) is 12.3 Å². The first kappa shape index (κ1) is 15.7. The summed E-state index contributed by atoms with van der Waals surface area (Å²) in [6, 6.07) is 2.06. The van der Waals surface area contributed by atoms with Gasteiger partial charge in [-0.2, -0.15) is 5.10 Å². The number of H-pyrrole nitrogens is 1. The Balaban J connectivity index is 0.000000180. The molecule has 5 heteroatoms. The van der Waals surface area contributed by atoms with E-state index in [1.807, 2.05) is 6.20 Å². The minimum absolute atomic E-state index is 0.891. The van der Waals surface area contributed by atoms with E-state index >= 15 is 0 Å². The summed E-state index contributed by atoms with van der Waals surface area (Å²) in [5.41, 5.74) is 0. The van der Waals surface area contributed by atoms with E-state index in [2.05, 4.69) is 60.1 Å². The highest BCUT2D eigenvalue weighted by molar-refractivity contribution is 6.88. The molecule has 1 saturated heterocycles. The number of aromatic nitrogens is 2. The normalized spacial score (nSPS) is 17.4. The number of nitrogens with one attached hydrogen (secondary N) is 1. The summed E-state index contributed by atoms with van der Waals surface area (Å²) in [6.07, 6.45) is 4.68. The average Bonchev–Trinajstić information content (AvgIpc) is 2.91. The maximum atomic E-state index is 3.90. The molecule has 0 atom stereocenters. The van der Waals surface area contributed by atoms with Gasteiger partial charge in [-0.3, -0.25) is 5.10 Å². The molecular formula is C13H29N3Si2. The van der Waals surface area contributed by atoms with Crippen LogP contribution >= 0.6 is 0 Å². The van der Waals surface area contributed by atoms with Crippen molar-refractivity contribution in [2.75, 3.05) is 13.1 Å². The monoisotopic (exact) mass is 283 g/mol. The molecule has 1 fully saturated rings. The van der Waals surface area contributed by atoms with E-state index in [1.165, 1.54) is 31.2 Å². The van der Waals surface area contributed by atoms with Crippen LogP contribution in [0.1, 0.15) is 12.8 Å². The summed E-state index contributed by atoms with van der Waals surface area (Å²) in [5.74, 6) is 0. The fourth-order valence-corrected chi connectivity index (χ4v) is 4.69. The summed E-state index contributed by atoms with van der Waals surface area (Å²) in [7, 11) is -1.99. The zero-order valence-electron chi connectivity index (χ0n) is 12.9. The van der Waals surface area contributed by atoms with Crippen LogP contribution in [0.2, 0.25) is 39.3 Å². The second-order valence-corrected chi connectivity index (χ2v) is 17.1. The molecule has 2 heterocycles. The van der Waals surface area contributed by atoms with Crippen LogP contribution in [-0.2, 0) is 0 Å². The molecular weight excluding hydrogens is 254 g/mol. The molecule has 0 aromatic carbocycles. The quantitative estimate of drug-likeness (QED) is 0.847. The predicted octanol–water partition coefficient (Wildman–Crippen LogP) is 2.87. The Hall–Kier alpha value is -0.396. The van der Waals surface area contributed by atoms with Crippen LogP contribution in [0.25, 0.3) is 0 Å². The Morgan fingerprint density at radius 2 is 1.61 bits per heavy atom. The van der Waals surface area contributed by atoms with Gasteiger partial charge >= 0.3 is 0 Å². The zero-order valence-corrected chi connectivity index (χ0v) is 14.9. The van der Waals surface area contributed by atoms with E-state index in [0.29, 0.717) is 0 Å². The molecule has 1 N–H and O–H groups in total. The van der Waals surface area contributed by atoms with Gasteiger partial charge in [0.25, 0.3) is 0 Å². The topological polar surface area (TPSA) is 31.9 Å². The Bertz CT molecular complexity index is 330. The maximum absolute atomic E-state index is 3.90. The van der Waals surface area contributed by atoms with Gasteiger partial charge in [-0.1, -0.05) is 39.3 Å². The molecule has 18 heavy (non-hydrogen) atoms. The second kappa shape index (κ2) is 6.17. The second-order valence-electron chi connectivity index (χ2n) is 7.09. The van der Waals surface area contributed by atoms with Crippen LogP contribution in [0.5, 0.6) is 0 Å². The third kappa shape index (κ3) is 5.08. The van der Waals surface area contributed by atoms with Crippen LogP contribution in [0.3, 0.4) is 0 Å². The molecule has 0 amide bonds. The van der Waals surface area contributed by atoms with Crippen molar-refractivity contribution in [3.05, 3.63) is 12.3 Å². The first-order valence-electron chi connectivity index (χ1n) is 6.96. The van der Waals surface area contributed by atoms with Gasteiger partial charge in [0.1, 0.15) is 16.3 Å². The van der Waals surface area contributed by atoms with Gasteiger partial charge < -0.3 is 4.57 Å². The molecule has 1 aliphatic rings. The number of hydrogen-bond donors (Lipinski definition) is 1. The molecule has 0 aliphatic carbocycles. The summed E-state index contributed by atoms with van der Waals surface area (Å²) in [5, 5.41) is 8.21. The van der Waals surface area contributed by atoms with Crippen molar-refractivity contribution in [1.29, 1.82) is 0 Å². The Labute approximate surface area is 114 Å². The zero-order chi connectivity index (χ0) is 13.8. The van der Waals surface area contributed by atoms with E-state index in [1.54, 1.807) is 0 Å². The maximum Gasteiger partial charge on any atom is 0.119 e. The van der Waals surface area contributed by atoms with Gasteiger partial charge in [0.15, 0.2) is 0 Å². The van der Waals surface area contributed by atoms with Crippen molar-refractivity contribution in [3.8, 4) is 0 Å². The Morgan fingerprint density at radius 3 is 1.83 bits per heavy atom. The van der Waals surface area contributed by atoms with Crippen LogP contribution in [-0.4, -0.2) is 44.2 Å². The molecule has 1 aromatic heterocycles. The smallest absolute Gasteiger partial charge is 0.119 e. The number of hydrogen-bond acceptors (Lipinski definition) is 2. The van der Waals surface area contributed by atoms with Gasteiger partial charge in [0.2, 0.25) is 0 Å². The highest BCUT2D eigenvalue weighted by atomic mass is 28.3. The average molecular weight is 284 g/mol. The lowest BCUT2D eigenvalue weighted by atomic mass is 10.4. The third-order valence-corrected chi connectivity index (χ3v) is 7.60. The molecule has 0 saturated carbocycles. The van der Waals surface area contributed by atoms with E-state index in [4.69, 9.17) is 0 Å². The first-order chi connectivity index (χ1) is 8.21. The molecule has 3 nitrogen and oxygen atoms in total. The third-order valence-electron chi connectivity index (χ3n) is 3.36. The van der Waals surface area contributed by atoms with Gasteiger partial charge in [0.05, 0.1) is 0 Å². The van der Waals surface area contributed by atoms with Gasteiger partial charge in [-0.05, 0) is 32.0 Å². The fraction of sp³-hybridized carbons (Fsp3) is 0.769. The van der Waals surface area contributed by atoms with Gasteiger partial charge in [0, 0.05) is 11.5 Å². The van der Waals surface area contributed by atoms with Crippen LogP contribution in [0.4, 0.5) is 0 Å². The minimum Gasteiger partial charge on any atom is -0.324 e. The van der Waals surface area contributed by atoms with Crippen LogP contribution in [0, 0.1) is 0 Å². The largest absolute Gasteiger partial charge is 0.324 e. The van der Waals surface area contributed by atoms with Crippen molar-refractivity contribution < 1.29 is 0 Å². The van der Waals surface area contributed by atoms with Crippen molar-refractivity contribution >= 4 is 21.6 Å². The van der Waals surface area contributed by atoms with E-state index < -0.39 is 16.3 Å². The van der Waals surface area contributed by atoms with Crippen molar-refractivity contribution in [2.24, 2.45) is 0 Å². The summed E-state index contributed by atoms with van der Waals surface area (Å²) in [6.45, 7) is 16.9. The molecule has 0 bridgehead atoms. The number of nitrogens with zero attached hydrogens (tertiary/aromatic N) is 2.